The van der Waals surface area contributed by atoms with Gasteiger partial charge in [0.2, 0.25) is 0 Å². The Morgan fingerprint density at radius 2 is 1.44 bits per heavy atom. The number of carbonyl (C=O) groups excluding carboxylic acids is 2. The molecule has 2 amide bonds. The first-order chi connectivity index (χ1) is 16.4. The zero-order valence-corrected chi connectivity index (χ0v) is 19.8. The van der Waals surface area contributed by atoms with Crippen LogP contribution in [0.1, 0.15) is 26.3 Å². The predicted molar refractivity (Wildman–Crippen MR) is 134 cm³/mol. The van der Waals surface area contributed by atoms with Gasteiger partial charge in [-0.05, 0) is 74.9 Å². The number of ether oxygens (including phenoxy) is 2. The van der Waals surface area contributed by atoms with Crippen LogP contribution >= 0.6 is 0 Å². The van der Waals surface area contributed by atoms with Crippen molar-refractivity contribution in [1.82, 2.24) is 0 Å². The zero-order valence-electron chi connectivity index (χ0n) is 19.8. The maximum absolute atomic E-state index is 13.7. The van der Waals surface area contributed by atoms with E-state index in [0.717, 1.165) is 5.69 Å². The SMILES string of the molecule is CCOc1ccc(C2=C(N(C)c3ccccc3)C(=O)N(c3ccc(OC(C)C)cc3)C2=O)cc1. The Bertz CT molecular complexity index is 1200. The standard InChI is InChI=1S/C28H28N2O4/c1-5-33-23-15-11-20(12-16-23)25-26(29(4)21-9-7-6-8-10-21)28(32)30(27(25)31)22-13-17-24(18-14-22)34-19(2)3/h6-19H,5H2,1-4H3. The van der Waals surface area contributed by atoms with Gasteiger partial charge in [-0.1, -0.05) is 30.3 Å². The lowest BCUT2D eigenvalue weighted by Gasteiger charge is -2.21. The fraction of sp³-hybridized carbons (Fsp3) is 0.214. The van der Waals surface area contributed by atoms with Gasteiger partial charge in [-0.15, -0.1) is 0 Å². The average molecular weight is 457 g/mol. The van der Waals surface area contributed by atoms with E-state index >= 15 is 0 Å². The molecule has 6 nitrogen and oxygen atoms in total. The monoisotopic (exact) mass is 456 g/mol. The minimum Gasteiger partial charge on any atom is -0.494 e. The third-order valence-corrected chi connectivity index (χ3v) is 5.46. The molecule has 3 aromatic carbocycles. The molecule has 1 aliphatic rings. The second-order valence-corrected chi connectivity index (χ2v) is 8.18. The number of anilines is 2. The Kier molecular flexibility index (Phi) is 6.68. The van der Waals surface area contributed by atoms with Crippen LogP contribution in [0.25, 0.3) is 5.57 Å². The van der Waals surface area contributed by atoms with Gasteiger partial charge in [0.05, 0.1) is 24.0 Å². The van der Waals surface area contributed by atoms with E-state index in [9.17, 15) is 9.59 Å². The van der Waals surface area contributed by atoms with E-state index in [1.54, 1.807) is 36.2 Å². The minimum absolute atomic E-state index is 0.0277. The van der Waals surface area contributed by atoms with E-state index in [4.69, 9.17) is 9.47 Å². The van der Waals surface area contributed by atoms with Crippen molar-refractivity contribution in [3.8, 4) is 11.5 Å². The zero-order chi connectivity index (χ0) is 24.2. The number of likely N-dealkylation sites (N-methyl/N-ethyl adjacent to an activating group) is 1. The van der Waals surface area contributed by atoms with Crippen LogP contribution in [0.3, 0.4) is 0 Å². The molecule has 0 spiro atoms. The summed E-state index contributed by atoms with van der Waals surface area (Å²) in [7, 11) is 1.80. The number of benzene rings is 3. The van der Waals surface area contributed by atoms with Crippen LogP contribution < -0.4 is 19.3 Å². The van der Waals surface area contributed by atoms with Crippen molar-refractivity contribution >= 4 is 28.8 Å². The smallest absolute Gasteiger partial charge is 0.282 e. The molecule has 6 heteroatoms. The first-order valence-corrected chi connectivity index (χ1v) is 11.3. The lowest BCUT2D eigenvalue weighted by molar-refractivity contribution is -0.120. The first-order valence-electron chi connectivity index (χ1n) is 11.3. The highest BCUT2D eigenvalue weighted by molar-refractivity contribution is 6.46. The van der Waals surface area contributed by atoms with Gasteiger partial charge < -0.3 is 14.4 Å². The van der Waals surface area contributed by atoms with Gasteiger partial charge in [-0.25, -0.2) is 4.90 Å². The van der Waals surface area contributed by atoms with Crippen molar-refractivity contribution in [1.29, 1.82) is 0 Å². The Morgan fingerprint density at radius 3 is 2.03 bits per heavy atom. The van der Waals surface area contributed by atoms with E-state index < -0.39 is 0 Å². The predicted octanol–water partition coefficient (Wildman–Crippen LogP) is 5.29. The molecule has 0 N–H and O–H groups in total. The molecule has 0 bridgehead atoms. The number of imide groups is 1. The Hall–Kier alpha value is -4.06. The van der Waals surface area contributed by atoms with Gasteiger partial charge in [0.15, 0.2) is 0 Å². The summed E-state index contributed by atoms with van der Waals surface area (Å²) < 4.78 is 11.2. The van der Waals surface area contributed by atoms with Crippen molar-refractivity contribution in [2.24, 2.45) is 0 Å². The van der Waals surface area contributed by atoms with E-state index in [0.29, 0.717) is 40.6 Å². The highest BCUT2D eigenvalue weighted by Gasteiger charge is 2.42. The minimum atomic E-state index is -0.377. The third-order valence-electron chi connectivity index (χ3n) is 5.46. The van der Waals surface area contributed by atoms with Crippen LogP contribution in [0.4, 0.5) is 11.4 Å². The number of carbonyl (C=O) groups is 2. The average Bonchev–Trinajstić information content (AvgIpc) is 3.10. The second kappa shape index (κ2) is 9.83. The highest BCUT2D eigenvalue weighted by atomic mass is 16.5. The van der Waals surface area contributed by atoms with Crippen LogP contribution in [-0.4, -0.2) is 31.6 Å². The lowest BCUT2D eigenvalue weighted by atomic mass is 10.0. The van der Waals surface area contributed by atoms with Crippen LogP contribution in [0.15, 0.2) is 84.6 Å². The maximum atomic E-state index is 13.7. The molecule has 0 unspecified atom stereocenters. The van der Waals surface area contributed by atoms with Gasteiger partial charge in [0, 0.05) is 12.7 Å². The van der Waals surface area contributed by atoms with Crippen molar-refractivity contribution in [3.05, 3.63) is 90.1 Å². The summed E-state index contributed by atoms with van der Waals surface area (Å²) >= 11 is 0. The maximum Gasteiger partial charge on any atom is 0.282 e. The number of hydrogen-bond acceptors (Lipinski definition) is 5. The topological polar surface area (TPSA) is 59.1 Å². The Balaban J connectivity index is 1.77. The molecule has 1 aliphatic heterocycles. The normalized spacial score (nSPS) is 13.6. The summed E-state index contributed by atoms with van der Waals surface area (Å²) in [6.07, 6.45) is 0.0277. The van der Waals surface area contributed by atoms with Crippen LogP contribution in [0, 0.1) is 0 Å². The molecule has 0 aromatic heterocycles. The van der Waals surface area contributed by atoms with E-state index in [-0.39, 0.29) is 17.9 Å². The Labute approximate surface area is 200 Å². The summed E-state index contributed by atoms with van der Waals surface area (Å²) in [6, 6.07) is 23.8. The van der Waals surface area contributed by atoms with Gasteiger partial charge in [-0.2, -0.15) is 0 Å². The van der Waals surface area contributed by atoms with Gasteiger partial charge in [-0.3, -0.25) is 9.59 Å². The molecule has 0 saturated heterocycles. The fourth-order valence-corrected chi connectivity index (χ4v) is 3.94. The Morgan fingerprint density at radius 1 is 0.824 bits per heavy atom. The molecule has 0 atom stereocenters. The van der Waals surface area contributed by atoms with E-state index in [1.807, 2.05) is 75.4 Å². The highest BCUT2D eigenvalue weighted by Crippen LogP contribution is 2.37. The van der Waals surface area contributed by atoms with Gasteiger partial charge in [0.25, 0.3) is 11.8 Å². The van der Waals surface area contributed by atoms with Gasteiger partial charge >= 0.3 is 0 Å². The van der Waals surface area contributed by atoms with Crippen LogP contribution in [0.5, 0.6) is 11.5 Å². The largest absolute Gasteiger partial charge is 0.494 e. The molecule has 0 radical (unpaired) electrons. The van der Waals surface area contributed by atoms with Crippen molar-refractivity contribution in [2.75, 3.05) is 23.5 Å². The summed E-state index contributed by atoms with van der Waals surface area (Å²) in [5.74, 6) is 0.639. The molecule has 4 rings (SSSR count). The number of nitrogens with zero attached hydrogens (tertiary/aromatic N) is 2. The summed E-state index contributed by atoms with van der Waals surface area (Å²) in [4.78, 5) is 30.4. The van der Waals surface area contributed by atoms with Crippen molar-refractivity contribution in [2.45, 2.75) is 26.9 Å². The van der Waals surface area contributed by atoms with Crippen LogP contribution in [0.2, 0.25) is 0 Å². The summed E-state index contributed by atoms with van der Waals surface area (Å²) in [5.41, 5.74) is 2.63. The quantitative estimate of drug-likeness (QED) is 0.431. The molecule has 0 fully saturated rings. The molecule has 34 heavy (non-hydrogen) atoms. The van der Waals surface area contributed by atoms with Crippen molar-refractivity contribution in [3.63, 3.8) is 0 Å². The third kappa shape index (κ3) is 4.53. The summed E-state index contributed by atoms with van der Waals surface area (Å²) in [5, 5.41) is 0. The molecule has 0 aliphatic carbocycles. The number of hydrogen-bond donors (Lipinski definition) is 0. The first kappa shape index (κ1) is 23.1. The molecule has 174 valence electrons. The molecular weight excluding hydrogens is 428 g/mol. The molecule has 1 heterocycles. The second-order valence-electron chi connectivity index (χ2n) is 8.18. The molecule has 0 saturated carbocycles. The van der Waals surface area contributed by atoms with Gasteiger partial charge in [0.1, 0.15) is 17.2 Å². The molecular formula is C28H28N2O4. The van der Waals surface area contributed by atoms with Crippen LogP contribution in [-0.2, 0) is 9.59 Å². The molecule has 3 aromatic rings. The van der Waals surface area contributed by atoms with E-state index in [1.165, 1.54) is 4.90 Å². The lowest BCUT2D eigenvalue weighted by Crippen LogP contribution is -2.34. The summed E-state index contributed by atoms with van der Waals surface area (Å²) in [6.45, 7) is 6.35. The van der Waals surface area contributed by atoms with Crippen molar-refractivity contribution < 1.29 is 19.1 Å². The number of amides is 2. The fourth-order valence-electron chi connectivity index (χ4n) is 3.94. The van der Waals surface area contributed by atoms with E-state index in [2.05, 4.69) is 0 Å². The number of rotatable bonds is 8. The number of para-hydroxylation sites is 1.